The van der Waals surface area contributed by atoms with E-state index in [2.05, 4.69) is 4.98 Å². The zero-order valence-electron chi connectivity index (χ0n) is 15.6. The molecule has 0 amide bonds. The summed E-state index contributed by atoms with van der Waals surface area (Å²) in [7, 11) is 0. The molecular formula is C23H22FNO3. The highest BCUT2D eigenvalue weighted by atomic mass is 19.1. The Balaban J connectivity index is 1.41. The first kappa shape index (κ1) is 18.4. The minimum Gasteiger partial charge on any atom is -0.489 e. The van der Waals surface area contributed by atoms with Gasteiger partial charge in [-0.15, -0.1) is 0 Å². The number of rotatable bonds is 6. The van der Waals surface area contributed by atoms with E-state index in [4.69, 9.17) is 9.47 Å². The minimum atomic E-state index is -0.880. The fourth-order valence-electron chi connectivity index (χ4n) is 4.03. The fourth-order valence-corrected chi connectivity index (χ4v) is 4.03. The number of aromatic nitrogens is 1. The van der Waals surface area contributed by atoms with Crippen LogP contribution < -0.4 is 4.74 Å². The van der Waals surface area contributed by atoms with Crippen LogP contribution in [0.4, 0.5) is 4.39 Å². The lowest BCUT2D eigenvalue weighted by atomic mass is 9.78. The second kappa shape index (κ2) is 7.97. The monoisotopic (exact) mass is 379 g/mol. The molecule has 1 fully saturated rings. The average molecular weight is 379 g/mol. The quantitative estimate of drug-likeness (QED) is 0.456. The third-order valence-corrected chi connectivity index (χ3v) is 5.42. The van der Waals surface area contributed by atoms with Gasteiger partial charge in [0.1, 0.15) is 24.8 Å². The van der Waals surface area contributed by atoms with E-state index in [0.29, 0.717) is 24.2 Å². The summed E-state index contributed by atoms with van der Waals surface area (Å²) in [6, 6.07) is 16.0. The van der Waals surface area contributed by atoms with Crippen LogP contribution in [-0.2, 0) is 14.9 Å². The van der Waals surface area contributed by atoms with Gasteiger partial charge in [0, 0.05) is 17.1 Å². The van der Waals surface area contributed by atoms with Crippen molar-refractivity contribution in [2.24, 2.45) is 0 Å². The number of nitrogens with zero attached hydrogens (tertiary/aromatic N) is 1. The van der Waals surface area contributed by atoms with E-state index in [-0.39, 0.29) is 25.0 Å². The smallest absolute Gasteiger partial charge is 0.316 e. The molecule has 0 spiro atoms. The molecule has 1 aliphatic rings. The molecule has 0 saturated heterocycles. The van der Waals surface area contributed by atoms with Crippen LogP contribution in [0.1, 0.15) is 31.2 Å². The van der Waals surface area contributed by atoms with Crippen LogP contribution in [0.15, 0.2) is 60.8 Å². The van der Waals surface area contributed by atoms with Gasteiger partial charge in [0.2, 0.25) is 0 Å². The van der Waals surface area contributed by atoms with Crippen molar-refractivity contribution in [1.29, 1.82) is 0 Å². The molecule has 28 heavy (non-hydrogen) atoms. The molecule has 0 N–H and O–H groups in total. The minimum absolute atomic E-state index is 0.117. The zero-order valence-corrected chi connectivity index (χ0v) is 15.6. The summed E-state index contributed by atoms with van der Waals surface area (Å²) in [6.07, 6.45) is 4.70. The number of halogens is 1. The normalized spacial score (nSPS) is 15.5. The van der Waals surface area contributed by atoms with Crippen LogP contribution in [0.25, 0.3) is 10.9 Å². The summed E-state index contributed by atoms with van der Waals surface area (Å²) < 4.78 is 25.7. The Labute approximate surface area is 163 Å². The predicted molar refractivity (Wildman–Crippen MR) is 105 cm³/mol. The van der Waals surface area contributed by atoms with Gasteiger partial charge in [0.15, 0.2) is 0 Å². The van der Waals surface area contributed by atoms with E-state index in [0.717, 1.165) is 23.7 Å². The van der Waals surface area contributed by atoms with Crippen LogP contribution in [0.5, 0.6) is 5.75 Å². The molecule has 1 aliphatic carbocycles. The van der Waals surface area contributed by atoms with E-state index >= 15 is 0 Å². The first-order valence-electron chi connectivity index (χ1n) is 9.59. The molecule has 5 heteroatoms. The highest BCUT2D eigenvalue weighted by molar-refractivity contribution is 5.85. The number of para-hydroxylation sites is 1. The Hall–Kier alpha value is -2.95. The van der Waals surface area contributed by atoms with E-state index < -0.39 is 5.41 Å². The molecule has 3 aromatic rings. The Morgan fingerprint density at radius 1 is 1.00 bits per heavy atom. The van der Waals surface area contributed by atoms with Gasteiger partial charge >= 0.3 is 5.97 Å². The highest BCUT2D eigenvalue weighted by Gasteiger charge is 2.45. The van der Waals surface area contributed by atoms with Crippen molar-refractivity contribution in [3.05, 3.63) is 72.2 Å². The number of carbonyl (C=O) groups is 1. The van der Waals surface area contributed by atoms with Crippen molar-refractivity contribution >= 4 is 16.9 Å². The van der Waals surface area contributed by atoms with E-state index in [9.17, 15) is 9.18 Å². The highest BCUT2D eigenvalue weighted by Crippen LogP contribution is 2.43. The maximum absolute atomic E-state index is 14.4. The Morgan fingerprint density at radius 3 is 2.57 bits per heavy atom. The van der Waals surface area contributed by atoms with Crippen LogP contribution in [0.2, 0.25) is 0 Å². The third-order valence-electron chi connectivity index (χ3n) is 5.42. The van der Waals surface area contributed by atoms with Gasteiger partial charge in [-0.1, -0.05) is 43.2 Å². The van der Waals surface area contributed by atoms with Gasteiger partial charge in [0.05, 0.1) is 10.9 Å². The molecule has 0 aliphatic heterocycles. The number of hydrogen-bond donors (Lipinski definition) is 0. The zero-order chi connectivity index (χ0) is 19.4. The lowest BCUT2D eigenvalue weighted by molar-refractivity contribution is -0.151. The first-order valence-corrected chi connectivity index (χ1v) is 9.59. The van der Waals surface area contributed by atoms with Gasteiger partial charge < -0.3 is 9.47 Å². The number of fused-ring (bicyclic) bond motifs is 1. The van der Waals surface area contributed by atoms with Crippen LogP contribution in [0.3, 0.4) is 0 Å². The topological polar surface area (TPSA) is 48.4 Å². The molecule has 0 unspecified atom stereocenters. The van der Waals surface area contributed by atoms with E-state index in [1.165, 1.54) is 6.07 Å². The first-order chi connectivity index (χ1) is 13.7. The molecule has 4 nitrogen and oxygen atoms in total. The molecule has 144 valence electrons. The third kappa shape index (κ3) is 3.44. The van der Waals surface area contributed by atoms with Crippen LogP contribution >= 0.6 is 0 Å². The van der Waals surface area contributed by atoms with Crippen LogP contribution in [-0.4, -0.2) is 24.2 Å². The summed E-state index contributed by atoms with van der Waals surface area (Å²) in [4.78, 5) is 17.2. The number of hydrogen-bond acceptors (Lipinski definition) is 4. The largest absolute Gasteiger partial charge is 0.489 e. The Kier molecular flexibility index (Phi) is 5.24. The molecule has 0 atom stereocenters. The molecule has 2 aromatic carbocycles. The van der Waals surface area contributed by atoms with Crippen molar-refractivity contribution < 1.29 is 18.7 Å². The van der Waals surface area contributed by atoms with Crippen LogP contribution in [0, 0.1) is 5.82 Å². The summed E-state index contributed by atoms with van der Waals surface area (Å²) >= 11 is 0. The number of pyridine rings is 1. The maximum Gasteiger partial charge on any atom is 0.316 e. The molecule has 0 radical (unpaired) electrons. The van der Waals surface area contributed by atoms with E-state index in [1.807, 2.05) is 24.3 Å². The van der Waals surface area contributed by atoms with Gasteiger partial charge in [-0.2, -0.15) is 0 Å². The number of ether oxygens (including phenoxy) is 2. The molecule has 1 aromatic heterocycles. The number of esters is 1. The molecule has 0 bridgehead atoms. The predicted octanol–water partition coefficient (Wildman–Crippen LogP) is 4.81. The molecule has 1 heterocycles. The standard InChI is InChI=1S/C23H22FNO3/c24-19-9-3-2-8-18(19)23(12-5-6-13-23)22(26)28-16-15-27-21-11-14-25-20-10-4-1-7-17(20)21/h1-4,7-11,14H,5-6,12-13,15-16H2. The Morgan fingerprint density at radius 2 is 1.75 bits per heavy atom. The summed E-state index contributed by atoms with van der Waals surface area (Å²) in [5.74, 6) is -0.00882. The fraction of sp³-hybridized carbons (Fsp3) is 0.304. The van der Waals surface area contributed by atoms with Gasteiger partial charge in [-0.25, -0.2) is 4.39 Å². The second-order valence-electron chi connectivity index (χ2n) is 7.08. The van der Waals surface area contributed by atoms with Crippen molar-refractivity contribution in [2.75, 3.05) is 13.2 Å². The van der Waals surface area contributed by atoms with Gasteiger partial charge in [-0.05, 0) is 37.1 Å². The van der Waals surface area contributed by atoms with Crippen molar-refractivity contribution in [3.63, 3.8) is 0 Å². The average Bonchev–Trinajstić information content (AvgIpc) is 3.22. The molecule has 1 saturated carbocycles. The maximum atomic E-state index is 14.4. The SMILES string of the molecule is O=C(OCCOc1ccnc2ccccc12)C1(c2ccccc2F)CCCC1. The lowest BCUT2D eigenvalue weighted by Gasteiger charge is -2.27. The van der Waals surface area contributed by atoms with Gasteiger partial charge in [-0.3, -0.25) is 9.78 Å². The number of benzene rings is 2. The van der Waals surface area contributed by atoms with Crippen molar-refractivity contribution in [1.82, 2.24) is 4.98 Å². The molecular weight excluding hydrogens is 357 g/mol. The Bertz CT molecular complexity index is 977. The van der Waals surface area contributed by atoms with E-state index in [1.54, 1.807) is 30.5 Å². The number of carbonyl (C=O) groups excluding carboxylic acids is 1. The van der Waals surface area contributed by atoms with Crippen molar-refractivity contribution in [2.45, 2.75) is 31.1 Å². The van der Waals surface area contributed by atoms with Crippen molar-refractivity contribution in [3.8, 4) is 5.75 Å². The summed E-state index contributed by atoms with van der Waals surface area (Å²) in [5.41, 5.74) is 0.411. The molecule has 4 rings (SSSR count). The summed E-state index contributed by atoms with van der Waals surface area (Å²) in [6.45, 7) is 0.346. The second-order valence-corrected chi connectivity index (χ2v) is 7.08. The summed E-state index contributed by atoms with van der Waals surface area (Å²) in [5, 5.41) is 0.912. The lowest BCUT2D eigenvalue weighted by Crippen LogP contribution is -2.36. The van der Waals surface area contributed by atoms with Gasteiger partial charge in [0.25, 0.3) is 0 Å².